The molecule has 1 rings (SSSR count). The molecule has 1 heterocycles. The summed E-state index contributed by atoms with van der Waals surface area (Å²) in [7, 11) is 0. The predicted octanol–water partition coefficient (Wildman–Crippen LogP) is 1.84. The third-order valence-electron chi connectivity index (χ3n) is 3.44. The smallest absolute Gasteiger partial charge is 0.221 e. The molecule has 3 N–H and O–H groups in total. The van der Waals surface area contributed by atoms with E-state index in [2.05, 4.69) is 26.1 Å². The molecule has 2 unspecified atom stereocenters. The summed E-state index contributed by atoms with van der Waals surface area (Å²) in [6, 6.07) is -0.0687. The molecular formula is C16H32N2O3. The molecular weight excluding hydrogens is 268 g/mol. The van der Waals surface area contributed by atoms with E-state index in [1.807, 2.05) is 0 Å². The topological polar surface area (TPSA) is 73.6 Å². The zero-order valence-electron chi connectivity index (χ0n) is 13.8. The number of nitrogens with one attached hydrogen (secondary N) is 1. The Morgan fingerprint density at radius 1 is 1.48 bits per heavy atom. The number of carbonyl (C=O) groups is 1. The molecule has 2 atom stereocenters. The van der Waals surface area contributed by atoms with Crippen molar-refractivity contribution in [1.29, 1.82) is 0 Å². The van der Waals surface area contributed by atoms with Crippen LogP contribution in [-0.2, 0) is 14.3 Å². The van der Waals surface area contributed by atoms with Gasteiger partial charge in [0.15, 0.2) is 0 Å². The fourth-order valence-corrected chi connectivity index (χ4v) is 2.56. The van der Waals surface area contributed by atoms with E-state index in [0.29, 0.717) is 26.2 Å². The standard InChI is InChI=1S/C16H32N2O3/c1-16(2,3)11-13(17)10-15(19)18-7-5-8-20-12-14-6-4-9-21-14/h13-14H,4-12,17H2,1-3H3,(H,18,19). The van der Waals surface area contributed by atoms with Crippen molar-refractivity contribution in [1.82, 2.24) is 5.32 Å². The first-order valence-corrected chi connectivity index (χ1v) is 8.08. The average Bonchev–Trinajstić information content (AvgIpc) is 2.83. The number of hydrogen-bond acceptors (Lipinski definition) is 4. The molecule has 0 aromatic heterocycles. The Hall–Kier alpha value is -0.650. The normalized spacial score (nSPS) is 20.5. The van der Waals surface area contributed by atoms with Crippen LogP contribution in [0.15, 0.2) is 0 Å². The summed E-state index contributed by atoms with van der Waals surface area (Å²) in [6.45, 7) is 9.24. The van der Waals surface area contributed by atoms with Gasteiger partial charge in [-0.05, 0) is 31.1 Å². The van der Waals surface area contributed by atoms with Crippen LogP contribution in [0, 0.1) is 5.41 Å². The Kier molecular flexibility index (Phi) is 8.22. The summed E-state index contributed by atoms with van der Waals surface area (Å²) in [6.07, 6.45) is 4.59. The zero-order valence-corrected chi connectivity index (χ0v) is 13.8. The molecule has 0 spiro atoms. The van der Waals surface area contributed by atoms with E-state index in [1.54, 1.807) is 0 Å². The van der Waals surface area contributed by atoms with Crippen LogP contribution in [-0.4, -0.2) is 44.4 Å². The van der Waals surface area contributed by atoms with Crippen molar-refractivity contribution in [2.75, 3.05) is 26.4 Å². The number of ether oxygens (including phenoxy) is 2. The highest BCUT2D eigenvalue weighted by atomic mass is 16.5. The second-order valence-corrected chi connectivity index (χ2v) is 7.14. The average molecular weight is 300 g/mol. The van der Waals surface area contributed by atoms with Crippen molar-refractivity contribution in [3.63, 3.8) is 0 Å². The van der Waals surface area contributed by atoms with Crippen LogP contribution < -0.4 is 11.1 Å². The molecule has 0 aromatic carbocycles. The Morgan fingerprint density at radius 3 is 2.86 bits per heavy atom. The fourth-order valence-electron chi connectivity index (χ4n) is 2.56. The number of hydrogen-bond donors (Lipinski definition) is 2. The maximum Gasteiger partial charge on any atom is 0.221 e. The largest absolute Gasteiger partial charge is 0.379 e. The van der Waals surface area contributed by atoms with Gasteiger partial charge in [0.1, 0.15) is 0 Å². The number of amides is 1. The van der Waals surface area contributed by atoms with Crippen molar-refractivity contribution in [2.45, 2.75) is 65.0 Å². The van der Waals surface area contributed by atoms with E-state index in [0.717, 1.165) is 32.3 Å². The Bertz CT molecular complexity index is 296. The lowest BCUT2D eigenvalue weighted by Crippen LogP contribution is -2.34. The maximum atomic E-state index is 11.7. The molecule has 21 heavy (non-hydrogen) atoms. The van der Waals surface area contributed by atoms with Crippen LogP contribution in [0.1, 0.15) is 52.9 Å². The summed E-state index contributed by atoms with van der Waals surface area (Å²) >= 11 is 0. The summed E-state index contributed by atoms with van der Waals surface area (Å²) in [5, 5.41) is 2.90. The molecule has 0 aliphatic carbocycles. The Labute approximate surface area is 128 Å². The molecule has 1 aliphatic heterocycles. The quantitative estimate of drug-likeness (QED) is 0.637. The molecule has 124 valence electrons. The lowest BCUT2D eigenvalue weighted by molar-refractivity contribution is -0.121. The molecule has 5 nitrogen and oxygen atoms in total. The van der Waals surface area contributed by atoms with E-state index in [1.165, 1.54) is 0 Å². The molecule has 0 radical (unpaired) electrons. The molecule has 0 bridgehead atoms. The maximum absolute atomic E-state index is 11.7. The van der Waals surface area contributed by atoms with Gasteiger partial charge in [-0.3, -0.25) is 4.79 Å². The lowest BCUT2D eigenvalue weighted by Gasteiger charge is -2.22. The highest BCUT2D eigenvalue weighted by molar-refractivity contribution is 5.76. The van der Waals surface area contributed by atoms with Gasteiger partial charge >= 0.3 is 0 Å². The number of rotatable bonds is 9. The van der Waals surface area contributed by atoms with Crippen LogP contribution in [0.4, 0.5) is 0 Å². The summed E-state index contributed by atoms with van der Waals surface area (Å²) in [4.78, 5) is 11.7. The second-order valence-electron chi connectivity index (χ2n) is 7.14. The van der Waals surface area contributed by atoms with Crippen molar-refractivity contribution in [2.24, 2.45) is 11.1 Å². The number of nitrogens with two attached hydrogens (primary N) is 1. The summed E-state index contributed by atoms with van der Waals surface area (Å²) in [5.74, 6) is 0.0332. The van der Waals surface area contributed by atoms with Gasteiger partial charge in [-0.1, -0.05) is 20.8 Å². The Balaban J connectivity index is 1.95. The minimum atomic E-state index is -0.0687. The molecule has 0 saturated carbocycles. The van der Waals surface area contributed by atoms with Gasteiger partial charge in [0.25, 0.3) is 0 Å². The molecule has 1 aliphatic rings. The minimum absolute atomic E-state index is 0.0332. The van der Waals surface area contributed by atoms with Crippen LogP contribution in [0.25, 0.3) is 0 Å². The molecule has 5 heteroatoms. The third-order valence-corrected chi connectivity index (χ3v) is 3.44. The highest BCUT2D eigenvalue weighted by Crippen LogP contribution is 2.20. The monoisotopic (exact) mass is 300 g/mol. The SMILES string of the molecule is CC(C)(C)CC(N)CC(=O)NCCCOCC1CCCO1. The molecule has 1 fully saturated rings. The first kappa shape index (κ1) is 18.4. The minimum Gasteiger partial charge on any atom is -0.379 e. The molecule has 1 amide bonds. The van der Waals surface area contributed by atoms with Gasteiger partial charge in [-0.2, -0.15) is 0 Å². The van der Waals surface area contributed by atoms with Gasteiger partial charge < -0.3 is 20.5 Å². The zero-order chi connectivity index (χ0) is 15.7. The van der Waals surface area contributed by atoms with Gasteiger partial charge in [0, 0.05) is 32.2 Å². The summed E-state index contributed by atoms with van der Waals surface area (Å²) < 4.78 is 11.0. The van der Waals surface area contributed by atoms with Crippen molar-refractivity contribution in [3.8, 4) is 0 Å². The molecule has 1 saturated heterocycles. The van der Waals surface area contributed by atoms with E-state index in [-0.39, 0.29) is 23.5 Å². The van der Waals surface area contributed by atoms with Crippen LogP contribution >= 0.6 is 0 Å². The first-order chi connectivity index (χ1) is 9.87. The van der Waals surface area contributed by atoms with Gasteiger partial charge in [-0.25, -0.2) is 0 Å². The van der Waals surface area contributed by atoms with E-state index < -0.39 is 0 Å². The van der Waals surface area contributed by atoms with E-state index in [9.17, 15) is 4.79 Å². The third kappa shape index (κ3) is 9.82. The fraction of sp³-hybridized carbons (Fsp3) is 0.938. The van der Waals surface area contributed by atoms with Gasteiger partial charge in [-0.15, -0.1) is 0 Å². The van der Waals surface area contributed by atoms with Gasteiger partial charge in [0.2, 0.25) is 5.91 Å². The van der Waals surface area contributed by atoms with Crippen molar-refractivity contribution < 1.29 is 14.3 Å². The van der Waals surface area contributed by atoms with Crippen LogP contribution in [0.2, 0.25) is 0 Å². The van der Waals surface area contributed by atoms with E-state index in [4.69, 9.17) is 15.2 Å². The predicted molar refractivity (Wildman–Crippen MR) is 84.1 cm³/mol. The first-order valence-electron chi connectivity index (χ1n) is 8.08. The van der Waals surface area contributed by atoms with Crippen LogP contribution in [0.3, 0.4) is 0 Å². The summed E-state index contributed by atoms with van der Waals surface area (Å²) in [5.41, 5.74) is 6.15. The van der Waals surface area contributed by atoms with Crippen LogP contribution in [0.5, 0.6) is 0 Å². The number of carbonyl (C=O) groups excluding carboxylic acids is 1. The lowest BCUT2D eigenvalue weighted by atomic mass is 9.87. The molecule has 0 aromatic rings. The Morgan fingerprint density at radius 2 is 2.24 bits per heavy atom. The second kappa shape index (κ2) is 9.38. The highest BCUT2D eigenvalue weighted by Gasteiger charge is 2.18. The van der Waals surface area contributed by atoms with Crippen molar-refractivity contribution in [3.05, 3.63) is 0 Å². The van der Waals surface area contributed by atoms with E-state index >= 15 is 0 Å². The van der Waals surface area contributed by atoms with Crippen molar-refractivity contribution >= 4 is 5.91 Å². The van der Waals surface area contributed by atoms with Gasteiger partial charge in [0.05, 0.1) is 12.7 Å².